The molecule has 1 aliphatic carbocycles. The predicted molar refractivity (Wildman–Crippen MR) is 73.5 cm³/mol. The number of hydrogen-bond acceptors (Lipinski definition) is 2. The quantitative estimate of drug-likeness (QED) is 0.917. The van der Waals surface area contributed by atoms with Gasteiger partial charge in [-0.2, -0.15) is 0 Å². The Balaban J connectivity index is 2.16. The number of para-hydroxylation sites is 1. The molecule has 0 amide bonds. The molecule has 1 N–H and O–H groups in total. The van der Waals surface area contributed by atoms with Crippen LogP contribution < -0.4 is 5.69 Å². The molecule has 4 heteroatoms. The second kappa shape index (κ2) is 4.10. The molecule has 4 nitrogen and oxygen atoms in total. The highest BCUT2D eigenvalue weighted by atomic mass is 16.3. The van der Waals surface area contributed by atoms with Crippen molar-refractivity contribution in [3.05, 3.63) is 52.7 Å². The van der Waals surface area contributed by atoms with E-state index in [0.29, 0.717) is 0 Å². The van der Waals surface area contributed by atoms with Crippen LogP contribution in [-0.2, 0) is 5.60 Å². The van der Waals surface area contributed by atoms with E-state index in [2.05, 4.69) is 0 Å². The van der Waals surface area contributed by atoms with Crippen molar-refractivity contribution in [2.75, 3.05) is 0 Å². The lowest BCUT2D eigenvalue weighted by atomic mass is 10.1. The minimum atomic E-state index is -0.740. The van der Waals surface area contributed by atoms with Crippen LogP contribution in [0.2, 0.25) is 0 Å². The van der Waals surface area contributed by atoms with Gasteiger partial charge < -0.3 is 5.11 Å². The van der Waals surface area contributed by atoms with Gasteiger partial charge in [0.2, 0.25) is 0 Å². The summed E-state index contributed by atoms with van der Waals surface area (Å²) in [4.78, 5) is 12.4. The van der Waals surface area contributed by atoms with Gasteiger partial charge in [-0.05, 0) is 32.8 Å². The largest absolute Gasteiger partial charge is 0.385 e. The summed E-state index contributed by atoms with van der Waals surface area (Å²) in [7, 11) is 0. The van der Waals surface area contributed by atoms with E-state index in [9.17, 15) is 9.90 Å². The Morgan fingerprint density at radius 1 is 1.21 bits per heavy atom. The smallest absolute Gasteiger partial charge is 0.332 e. The van der Waals surface area contributed by atoms with Crippen molar-refractivity contribution in [2.24, 2.45) is 0 Å². The first-order chi connectivity index (χ1) is 9.03. The normalized spacial score (nSPS) is 16.8. The summed E-state index contributed by atoms with van der Waals surface area (Å²) in [6, 6.07) is 7.72. The highest BCUT2D eigenvalue weighted by molar-refractivity contribution is 5.46. The molecule has 1 aromatic heterocycles. The van der Waals surface area contributed by atoms with E-state index in [-0.39, 0.29) is 11.7 Å². The van der Waals surface area contributed by atoms with Gasteiger partial charge in [0.25, 0.3) is 0 Å². The van der Waals surface area contributed by atoms with Gasteiger partial charge in [-0.25, -0.2) is 4.79 Å². The summed E-state index contributed by atoms with van der Waals surface area (Å²) >= 11 is 0. The zero-order chi connectivity index (χ0) is 13.6. The fraction of sp³-hybridized carbons (Fsp3) is 0.400. The van der Waals surface area contributed by atoms with Crippen molar-refractivity contribution in [1.82, 2.24) is 9.13 Å². The summed E-state index contributed by atoms with van der Waals surface area (Å²) in [6.07, 6.45) is 5.10. The molecule has 19 heavy (non-hydrogen) atoms. The van der Waals surface area contributed by atoms with Gasteiger partial charge in [0.05, 0.1) is 11.3 Å². The molecule has 0 spiro atoms. The number of nitrogens with zero attached hydrogens (tertiary/aromatic N) is 2. The Morgan fingerprint density at radius 3 is 2.47 bits per heavy atom. The highest BCUT2D eigenvalue weighted by Gasteiger charge is 2.43. The number of benzene rings is 1. The molecule has 2 aromatic rings. The monoisotopic (exact) mass is 258 g/mol. The summed E-state index contributed by atoms with van der Waals surface area (Å²) in [6.45, 7) is 3.96. The first kappa shape index (κ1) is 12.2. The van der Waals surface area contributed by atoms with Crippen molar-refractivity contribution < 1.29 is 5.11 Å². The molecule has 1 aliphatic rings. The molecule has 0 saturated heterocycles. The Bertz CT molecular complexity index is 663. The minimum absolute atomic E-state index is 0.0632. The molecule has 1 saturated carbocycles. The van der Waals surface area contributed by atoms with Crippen molar-refractivity contribution in [3.63, 3.8) is 0 Å². The van der Waals surface area contributed by atoms with Crippen LogP contribution in [0.1, 0.15) is 38.3 Å². The number of hydrogen-bond donors (Lipinski definition) is 1. The molecular weight excluding hydrogens is 240 g/mol. The van der Waals surface area contributed by atoms with Gasteiger partial charge in [0, 0.05) is 24.0 Å². The standard InChI is InChI=1S/C15H18N2O2/c1-11(2)16-9-10-17(14(16)18)13-6-4-3-5-12(13)15(19)7-8-15/h3-6,9-11,19H,7-8H2,1-2H3. The maximum Gasteiger partial charge on any atom is 0.332 e. The van der Waals surface area contributed by atoms with E-state index in [1.54, 1.807) is 21.5 Å². The topological polar surface area (TPSA) is 47.2 Å². The average Bonchev–Trinajstić information content (AvgIpc) is 3.01. The zero-order valence-electron chi connectivity index (χ0n) is 11.2. The Labute approximate surface area is 111 Å². The Morgan fingerprint density at radius 2 is 1.89 bits per heavy atom. The lowest BCUT2D eigenvalue weighted by Crippen LogP contribution is -2.25. The van der Waals surface area contributed by atoms with Crippen LogP contribution in [0, 0.1) is 0 Å². The summed E-state index contributed by atoms with van der Waals surface area (Å²) in [5.41, 5.74) is 0.827. The first-order valence-electron chi connectivity index (χ1n) is 6.65. The molecule has 1 fully saturated rings. The first-order valence-corrected chi connectivity index (χ1v) is 6.65. The van der Waals surface area contributed by atoms with Gasteiger partial charge in [0.15, 0.2) is 0 Å². The molecule has 1 heterocycles. The van der Waals surface area contributed by atoms with E-state index in [1.807, 2.05) is 38.1 Å². The van der Waals surface area contributed by atoms with Crippen LogP contribution in [0.3, 0.4) is 0 Å². The molecule has 0 atom stereocenters. The van der Waals surface area contributed by atoms with Gasteiger partial charge in [0.1, 0.15) is 0 Å². The zero-order valence-corrected chi connectivity index (χ0v) is 11.2. The molecule has 0 aliphatic heterocycles. The lowest BCUT2D eigenvalue weighted by Gasteiger charge is -2.14. The third-order valence-electron chi connectivity index (χ3n) is 3.75. The van der Waals surface area contributed by atoms with Crippen LogP contribution in [0.25, 0.3) is 5.69 Å². The maximum atomic E-state index is 12.4. The Hall–Kier alpha value is -1.81. The van der Waals surface area contributed by atoms with Gasteiger partial charge in [-0.1, -0.05) is 18.2 Å². The SMILES string of the molecule is CC(C)n1ccn(-c2ccccc2C2(O)CC2)c1=O. The third kappa shape index (κ3) is 1.92. The van der Waals surface area contributed by atoms with Crippen LogP contribution in [0.4, 0.5) is 0 Å². The minimum Gasteiger partial charge on any atom is -0.385 e. The summed E-state index contributed by atoms with van der Waals surface area (Å²) < 4.78 is 3.30. The van der Waals surface area contributed by atoms with Gasteiger partial charge in [-0.3, -0.25) is 9.13 Å². The molecule has 1 aromatic carbocycles. The van der Waals surface area contributed by atoms with Gasteiger partial charge in [-0.15, -0.1) is 0 Å². The van der Waals surface area contributed by atoms with Crippen LogP contribution in [0.5, 0.6) is 0 Å². The second-order valence-corrected chi connectivity index (χ2v) is 5.50. The van der Waals surface area contributed by atoms with Crippen LogP contribution in [-0.4, -0.2) is 14.2 Å². The lowest BCUT2D eigenvalue weighted by molar-refractivity contribution is 0.151. The highest BCUT2D eigenvalue weighted by Crippen LogP contribution is 2.47. The van der Waals surface area contributed by atoms with Crippen molar-refractivity contribution in [1.29, 1.82) is 0 Å². The van der Waals surface area contributed by atoms with E-state index in [1.165, 1.54) is 0 Å². The predicted octanol–water partition coefficient (Wildman–Crippen LogP) is 2.20. The molecule has 0 unspecified atom stereocenters. The van der Waals surface area contributed by atoms with Crippen molar-refractivity contribution in [2.45, 2.75) is 38.3 Å². The average molecular weight is 258 g/mol. The number of rotatable bonds is 3. The van der Waals surface area contributed by atoms with Crippen molar-refractivity contribution in [3.8, 4) is 5.69 Å². The molecule has 0 bridgehead atoms. The van der Waals surface area contributed by atoms with E-state index < -0.39 is 5.60 Å². The molecular formula is C15H18N2O2. The molecule has 100 valence electrons. The van der Waals surface area contributed by atoms with E-state index in [0.717, 1.165) is 24.1 Å². The number of imidazole rings is 1. The number of aromatic nitrogens is 2. The van der Waals surface area contributed by atoms with Crippen LogP contribution >= 0.6 is 0 Å². The fourth-order valence-electron chi connectivity index (χ4n) is 2.43. The molecule has 0 radical (unpaired) electrons. The van der Waals surface area contributed by atoms with E-state index >= 15 is 0 Å². The van der Waals surface area contributed by atoms with Crippen molar-refractivity contribution >= 4 is 0 Å². The summed E-state index contributed by atoms with van der Waals surface area (Å²) in [5.74, 6) is 0. The fourth-order valence-corrected chi connectivity index (χ4v) is 2.43. The second-order valence-electron chi connectivity index (χ2n) is 5.50. The number of aliphatic hydroxyl groups is 1. The summed E-state index contributed by atoms with van der Waals surface area (Å²) in [5, 5.41) is 10.3. The maximum absolute atomic E-state index is 12.4. The third-order valence-corrected chi connectivity index (χ3v) is 3.75. The van der Waals surface area contributed by atoms with Crippen LogP contribution in [0.15, 0.2) is 41.5 Å². The molecule has 3 rings (SSSR count). The van der Waals surface area contributed by atoms with E-state index in [4.69, 9.17) is 0 Å². The van der Waals surface area contributed by atoms with Gasteiger partial charge >= 0.3 is 5.69 Å². The Kier molecular flexibility index (Phi) is 2.64.